The molecule has 0 unspecified atom stereocenters. The number of phenolic OH excluding ortho intramolecular Hbond substituents is 1. The fourth-order valence-electron chi connectivity index (χ4n) is 3.67. The van der Waals surface area contributed by atoms with Crippen molar-refractivity contribution in [2.24, 2.45) is 0 Å². The summed E-state index contributed by atoms with van der Waals surface area (Å²) in [6, 6.07) is -0.206. The number of fused-ring (bicyclic) bond motifs is 1. The summed E-state index contributed by atoms with van der Waals surface area (Å²) in [5.41, 5.74) is 0.967. The van der Waals surface area contributed by atoms with E-state index in [1.54, 1.807) is 6.08 Å². The highest BCUT2D eigenvalue weighted by atomic mass is 19.1. The summed E-state index contributed by atoms with van der Waals surface area (Å²) in [4.78, 5) is 30.2. The Kier molecular flexibility index (Phi) is 4.65. The minimum atomic E-state index is -1.52. The van der Waals surface area contributed by atoms with Gasteiger partial charge >= 0.3 is 5.97 Å². The van der Waals surface area contributed by atoms with Gasteiger partial charge in [0, 0.05) is 37.4 Å². The first-order valence-electron chi connectivity index (χ1n) is 9.10. The number of anilines is 1. The highest BCUT2D eigenvalue weighted by Gasteiger charge is 2.33. The number of carboxylic acids is 1. The highest BCUT2D eigenvalue weighted by Crippen LogP contribution is 2.43. The molecule has 3 N–H and O–H groups in total. The van der Waals surface area contributed by atoms with E-state index < -0.39 is 45.4 Å². The van der Waals surface area contributed by atoms with Gasteiger partial charge in [-0.15, -0.1) is 0 Å². The Bertz CT molecular complexity index is 1110. The number of carbonyl (C=O) groups is 1. The largest absolute Gasteiger partial charge is 0.504 e. The third-order valence-electron chi connectivity index (χ3n) is 5.23. The van der Waals surface area contributed by atoms with Crippen LogP contribution in [0.2, 0.25) is 0 Å². The van der Waals surface area contributed by atoms with Crippen molar-refractivity contribution in [1.29, 1.82) is 0 Å². The molecule has 2 heterocycles. The van der Waals surface area contributed by atoms with Crippen LogP contribution in [0.4, 0.5) is 14.5 Å². The van der Waals surface area contributed by atoms with Crippen molar-refractivity contribution in [3.8, 4) is 5.75 Å². The van der Waals surface area contributed by atoms with E-state index in [-0.39, 0.29) is 24.6 Å². The lowest BCUT2D eigenvalue weighted by Crippen LogP contribution is -2.33. The molecule has 1 saturated carbocycles. The Hall–Kier alpha value is -3.14. The van der Waals surface area contributed by atoms with Crippen molar-refractivity contribution >= 4 is 22.6 Å². The van der Waals surface area contributed by atoms with Crippen LogP contribution in [0.3, 0.4) is 0 Å². The number of nitrogens with zero attached hydrogens (tertiary/aromatic N) is 2. The topological polar surface area (TPSA) is 104 Å². The summed E-state index contributed by atoms with van der Waals surface area (Å²) in [5.74, 6) is -4.83. The van der Waals surface area contributed by atoms with Crippen LogP contribution in [-0.2, 0) is 4.84 Å². The number of rotatable bonds is 5. The van der Waals surface area contributed by atoms with Gasteiger partial charge in [0.25, 0.3) is 0 Å². The normalized spacial score (nSPS) is 16.8. The first kappa shape index (κ1) is 19.2. The molecule has 0 spiro atoms. The molecular formula is C19H19F2N3O5. The maximum absolute atomic E-state index is 15.5. The summed E-state index contributed by atoms with van der Waals surface area (Å²) in [5, 5.41) is 19.1. The number of aromatic hydroxyl groups is 1. The maximum Gasteiger partial charge on any atom is 0.341 e. The van der Waals surface area contributed by atoms with E-state index >= 15 is 4.39 Å². The van der Waals surface area contributed by atoms with Crippen LogP contribution in [0.5, 0.6) is 5.75 Å². The molecule has 0 saturated heterocycles. The number of hydroxylamine groups is 1. The van der Waals surface area contributed by atoms with E-state index in [1.165, 1.54) is 16.6 Å². The summed E-state index contributed by atoms with van der Waals surface area (Å²) in [6.45, 7) is 0.410. The standard InChI is InChI=1S/C19H19F2N3O5/c1-29-22-9-4-6-23(7-5-9)16-13(20)15-12(18(26)14(16)21)17(25)11(19(27)28)8-24(15)10-2-3-10/h4,8,10,22,26H,2-3,5-7H2,1H3,(H,27,28). The van der Waals surface area contributed by atoms with Crippen LogP contribution < -0.4 is 15.8 Å². The molecule has 29 heavy (non-hydrogen) atoms. The van der Waals surface area contributed by atoms with Crippen LogP contribution in [-0.4, -0.2) is 40.9 Å². The monoisotopic (exact) mass is 407 g/mol. The number of halogens is 2. The van der Waals surface area contributed by atoms with Gasteiger partial charge in [0.15, 0.2) is 17.4 Å². The Labute approximate surface area is 163 Å². The van der Waals surface area contributed by atoms with Crippen LogP contribution in [0.1, 0.15) is 35.7 Å². The number of pyridine rings is 1. The zero-order valence-electron chi connectivity index (χ0n) is 15.5. The second-order valence-electron chi connectivity index (χ2n) is 7.10. The van der Waals surface area contributed by atoms with Gasteiger partial charge in [-0.05, 0) is 18.9 Å². The molecule has 2 aliphatic rings. The second-order valence-corrected chi connectivity index (χ2v) is 7.10. The smallest absolute Gasteiger partial charge is 0.341 e. The summed E-state index contributed by atoms with van der Waals surface area (Å²) >= 11 is 0. The van der Waals surface area contributed by atoms with Crippen molar-refractivity contribution < 1.29 is 28.6 Å². The molecule has 154 valence electrons. The van der Waals surface area contributed by atoms with Crippen LogP contribution >= 0.6 is 0 Å². The third-order valence-corrected chi connectivity index (χ3v) is 5.23. The van der Waals surface area contributed by atoms with E-state index in [0.717, 1.165) is 11.9 Å². The minimum Gasteiger partial charge on any atom is -0.504 e. The lowest BCUT2D eigenvalue weighted by Gasteiger charge is -2.30. The molecular weight excluding hydrogens is 388 g/mol. The van der Waals surface area contributed by atoms with E-state index in [2.05, 4.69) is 5.48 Å². The number of aromatic nitrogens is 1. The van der Waals surface area contributed by atoms with Crippen LogP contribution in [0.25, 0.3) is 10.9 Å². The molecule has 1 aliphatic carbocycles. The SMILES string of the molecule is CONC1=CCN(c2c(F)c(O)c3c(=O)c(C(=O)O)cn(C4CC4)c3c2F)CC1. The summed E-state index contributed by atoms with van der Waals surface area (Å²) in [7, 11) is 1.45. The molecule has 0 amide bonds. The van der Waals surface area contributed by atoms with Gasteiger partial charge in [-0.2, -0.15) is 0 Å². The Morgan fingerprint density at radius 2 is 2.03 bits per heavy atom. The molecule has 2 aromatic rings. The number of aromatic carboxylic acids is 1. The van der Waals surface area contributed by atoms with E-state index in [9.17, 15) is 24.2 Å². The average molecular weight is 407 g/mol. The zero-order chi connectivity index (χ0) is 20.9. The Morgan fingerprint density at radius 1 is 1.31 bits per heavy atom. The average Bonchev–Trinajstić information content (AvgIpc) is 3.52. The van der Waals surface area contributed by atoms with Crippen molar-refractivity contribution in [2.45, 2.75) is 25.3 Å². The molecule has 1 fully saturated rings. The van der Waals surface area contributed by atoms with Crippen molar-refractivity contribution in [2.75, 3.05) is 25.1 Å². The lowest BCUT2D eigenvalue weighted by atomic mass is 10.1. The predicted molar refractivity (Wildman–Crippen MR) is 100 cm³/mol. The molecule has 1 aromatic carbocycles. The van der Waals surface area contributed by atoms with E-state index in [4.69, 9.17) is 4.84 Å². The second kappa shape index (κ2) is 7.03. The van der Waals surface area contributed by atoms with Gasteiger partial charge in [-0.25, -0.2) is 13.6 Å². The number of phenols is 1. The third kappa shape index (κ3) is 3.09. The Morgan fingerprint density at radius 3 is 2.59 bits per heavy atom. The van der Waals surface area contributed by atoms with Gasteiger partial charge in [-0.1, -0.05) is 0 Å². The van der Waals surface area contributed by atoms with Crippen molar-refractivity contribution in [3.05, 3.63) is 45.4 Å². The Balaban J connectivity index is 1.95. The number of carboxylic acid groups (broad SMARTS) is 1. The fraction of sp³-hybridized carbons (Fsp3) is 0.368. The molecule has 0 atom stereocenters. The van der Waals surface area contributed by atoms with Crippen LogP contribution in [0.15, 0.2) is 22.8 Å². The number of nitrogens with one attached hydrogen (secondary N) is 1. The molecule has 1 aromatic heterocycles. The first-order valence-corrected chi connectivity index (χ1v) is 9.10. The summed E-state index contributed by atoms with van der Waals surface area (Å²) < 4.78 is 31.9. The molecule has 0 bridgehead atoms. The van der Waals surface area contributed by atoms with Crippen LogP contribution in [0, 0.1) is 11.6 Å². The number of hydrogen-bond donors (Lipinski definition) is 3. The fourth-order valence-corrected chi connectivity index (χ4v) is 3.67. The van der Waals surface area contributed by atoms with Crippen molar-refractivity contribution in [3.63, 3.8) is 0 Å². The highest BCUT2D eigenvalue weighted by molar-refractivity contribution is 5.96. The molecule has 0 radical (unpaired) electrons. The minimum absolute atomic E-state index is 0.158. The van der Waals surface area contributed by atoms with Gasteiger partial charge in [0.2, 0.25) is 5.43 Å². The number of benzene rings is 1. The number of hydrogen-bond acceptors (Lipinski definition) is 6. The van der Waals surface area contributed by atoms with Crippen molar-refractivity contribution in [1.82, 2.24) is 10.0 Å². The van der Waals surface area contributed by atoms with Gasteiger partial charge in [0.1, 0.15) is 11.3 Å². The van der Waals surface area contributed by atoms with Gasteiger partial charge in [-0.3, -0.25) is 15.1 Å². The first-order chi connectivity index (χ1) is 13.8. The lowest BCUT2D eigenvalue weighted by molar-refractivity contribution is 0.0695. The maximum atomic E-state index is 15.5. The predicted octanol–water partition coefficient (Wildman–Crippen LogP) is 2.26. The van der Waals surface area contributed by atoms with Gasteiger partial charge in [0.05, 0.1) is 18.0 Å². The van der Waals surface area contributed by atoms with E-state index in [0.29, 0.717) is 19.3 Å². The summed E-state index contributed by atoms with van der Waals surface area (Å²) in [6.07, 6.45) is 4.55. The molecule has 4 rings (SSSR count). The molecule has 10 heteroatoms. The quantitative estimate of drug-likeness (QED) is 0.653. The molecule has 8 nitrogen and oxygen atoms in total. The van der Waals surface area contributed by atoms with E-state index in [1.807, 2.05) is 0 Å². The molecule has 1 aliphatic heterocycles. The van der Waals surface area contributed by atoms with Gasteiger partial charge < -0.3 is 19.7 Å². The zero-order valence-corrected chi connectivity index (χ0v) is 15.5.